The van der Waals surface area contributed by atoms with Gasteiger partial charge in [0.05, 0.1) is 0 Å². The molecular formula is C14H16OS. The van der Waals surface area contributed by atoms with Gasteiger partial charge in [0.15, 0.2) is 0 Å². The number of aliphatic hydroxyl groups excluding tert-OH is 1. The Morgan fingerprint density at radius 2 is 1.81 bits per heavy atom. The van der Waals surface area contributed by atoms with Gasteiger partial charge in [-0.1, -0.05) is 23.8 Å². The Morgan fingerprint density at radius 3 is 2.44 bits per heavy atom. The van der Waals surface area contributed by atoms with Gasteiger partial charge in [0.2, 0.25) is 0 Å². The second-order valence-corrected chi connectivity index (χ2v) is 5.53. The molecule has 0 saturated heterocycles. The van der Waals surface area contributed by atoms with Gasteiger partial charge in [-0.25, -0.2) is 0 Å². The fourth-order valence-corrected chi connectivity index (χ4v) is 2.69. The third kappa shape index (κ3) is 2.18. The molecule has 2 aromatic rings. The zero-order chi connectivity index (χ0) is 11.7. The van der Waals surface area contributed by atoms with Crippen LogP contribution >= 0.6 is 11.3 Å². The van der Waals surface area contributed by atoms with E-state index in [1.165, 1.54) is 10.4 Å². The minimum absolute atomic E-state index is 0.487. The van der Waals surface area contributed by atoms with Crippen molar-refractivity contribution in [2.75, 3.05) is 0 Å². The Hall–Kier alpha value is -1.12. The maximum Gasteiger partial charge on any atom is 0.113 e. The molecule has 2 heteroatoms. The lowest BCUT2D eigenvalue weighted by Crippen LogP contribution is -2.00. The summed E-state index contributed by atoms with van der Waals surface area (Å²) in [5, 5.41) is 10.3. The number of benzene rings is 1. The molecule has 16 heavy (non-hydrogen) atoms. The molecule has 0 spiro atoms. The average Bonchev–Trinajstić information content (AvgIpc) is 2.67. The van der Waals surface area contributed by atoms with E-state index in [0.29, 0.717) is 0 Å². The largest absolute Gasteiger partial charge is 0.383 e. The molecule has 0 aliphatic carbocycles. The Bertz CT molecular complexity index is 499. The highest BCUT2D eigenvalue weighted by atomic mass is 32.1. The lowest BCUT2D eigenvalue weighted by atomic mass is 10.00. The standard InChI is InChI=1S/C14H16OS/c1-9-4-5-10(2)12(8-9)14(15)13-7-6-11(3)16-13/h4-8,14-15H,1-3H3. The van der Waals surface area contributed by atoms with Crippen molar-refractivity contribution in [2.24, 2.45) is 0 Å². The molecule has 1 heterocycles. The first-order valence-electron chi connectivity index (χ1n) is 5.39. The van der Waals surface area contributed by atoms with E-state index >= 15 is 0 Å². The first-order valence-corrected chi connectivity index (χ1v) is 6.21. The van der Waals surface area contributed by atoms with Gasteiger partial charge in [0.25, 0.3) is 0 Å². The third-order valence-corrected chi connectivity index (χ3v) is 3.81. The maximum atomic E-state index is 10.3. The molecule has 0 radical (unpaired) electrons. The first kappa shape index (κ1) is 11.4. The molecule has 1 N–H and O–H groups in total. The number of aliphatic hydroxyl groups is 1. The van der Waals surface area contributed by atoms with Gasteiger partial charge in [-0.15, -0.1) is 11.3 Å². The molecule has 1 atom stereocenters. The highest BCUT2D eigenvalue weighted by molar-refractivity contribution is 7.12. The molecule has 1 aromatic carbocycles. The SMILES string of the molecule is Cc1ccc(C)c(C(O)c2ccc(C)s2)c1. The van der Waals surface area contributed by atoms with Gasteiger partial charge < -0.3 is 5.11 Å². The molecule has 84 valence electrons. The lowest BCUT2D eigenvalue weighted by molar-refractivity contribution is 0.223. The highest BCUT2D eigenvalue weighted by Gasteiger charge is 2.14. The van der Waals surface area contributed by atoms with Gasteiger partial charge >= 0.3 is 0 Å². The summed E-state index contributed by atoms with van der Waals surface area (Å²) in [5.74, 6) is 0. The molecule has 0 bridgehead atoms. The Kier molecular flexibility index (Phi) is 3.13. The second-order valence-electron chi connectivity index (χ2n) is 4.21. The Labute approximate surface area is 100 Å². The van der Waals surface area contributed by atoms with E-state index < -0.39 is 6.10 Å². The number of hydrogen-bond donors (Lipinski definition) is 1. The molecule has 0 aliphatic heterocycles. The lowest BCUT2D eigenvalue weighted by Gasteiger charge is -2.13. The minimum atomic E-state index is -0.487. The van der Waals surface area contributed by atoms with E-state index in [1.807, 2.05) is 19.1 Å². The van der Waals surface area contributed by atoms with Gasteiger partial charge in [0.1, 0.15) is 6.10 Å². The van der Waals surface area contributed by atoms with Crippen molar-refractivity contribution >= 4 is 11.3 Å². The highest BCUT2D eigenvalue weighted by Crippen LogP contribution is 2.30. The molecular weight excluding hydrogens is 216 g/mol. The van der Waals surface area contributed by atoms with E-state index in [-0.39, 0.29) is 0 Å². The van der Waals surface area contributed by atoms with E-state index in [1.54, 1.807) is 11.3 Å². The summed E-state index contributed by atoms with van der Waals surface area (Å²) in [7, 11) is 0. The maximum absolute atomic E-state index is 10.3. The van der Waals surface area contributed by atoms with Crippen molar-refractivity contribution in [3.05, 3.63) is 56.8 Å². The van der Waals surface area contributed by atoms with Crippen molar-refractivity contribution in [1.82, 2.24) is 0 Å². The molecule has 0 fully saturated rings. The van der Waals surface area contributed by atoms with Gasteiger partial charge in [0, 0.05) is 9.75 Å². The van der Waals surface area contributed by atoms with Crippen molar-refractivity contribution < 1.29 is 5.11 Å². The van der Waals surface area contributed by atoms with E-state index in [2.05, 4.69) is 32.0 Å². The van der Waals surface area contributed by atoms with Crippen LogP contribution in [0, 0.1) is 20.8 Å². The first-order chi connectivity index (χ1) is 7.58. The van der Waals surface area contributed by atoms with Crippen LogP contribution in [-0.4, -0.2) is 5.11 Å². The van der Waals surface area contributed by atoms with Crippen LogP contribution in [0.5, 0.6) is 0 Å². The quantitative estimate of drug-likeness (QED) is 0.836. The summed E-state index contributed by atoms with van der Waals surface area (Å²) in [6.07, 6.45) is -0.487. The normalized spacial score (nSPS) is 12.8. The van der Waals surface area contributed by atoms with E-state index in [0.717, 1.165) is 16.0 Å². The molecule has 1 aromatic heterocycles. The minimum Gasteiger partial charge on any atom is -0.383 e. The van der Waals surface area contributed by atoms with Crippen molar-refractivity contribution in [1.29, 1.82) is 0 Å². The van der Waals surface area contributed by atoms with Crippen LogP contribution in [0.2, 0.25) is 0 Å². The van der Waals surface area contributed by atoms with Crippen molar-refractivity contribution in [3.8, 4) is 0 Å². The Morgan fingerprint density at radius 1 is 1.06 bits per heavy atom. The smallest absolute Gasteiger partial charge is 0.113 e. The van der Waals surface area contributed by atoms with Gasteiger partial charge in [-0.2, -0.15) is 0 Å². The average molecular weight is 232 g/mol. The zero-order valence-electron chi connectivity index (χ0n) is 9.82. The zero-order valence-corrected chi connectivity index (χ0v) is 10.6. The fourth-order valence-electron chi connectivity index (χ4n) is 1.81. The monoisotopic (exact) mass is 232 g/mol. The summed E-state index contributed by atoms with van der Waals surface area (Å²) in [6.45, 7) is 6.15. The molecule has 1 nitrogen and oxygen atoms in total. The number of hydrogen-bond acceptors (Lipinski definition) is 2. The van der Waals surface area contributed by atoms with Crippen molar-refractivity contribution in [3.63, 3.8) is 0 Å². The predicted molar refractivity (Wildman–Crippen MR) is 69.0 cm³/mol. The van der Waals surface area contributed by atoms with E-state index in [4.69, 9.17) is 0 Å². The van der Waals surface area contributed by atoms with Gasteiger partial charge in [-0.05, 0) is 44.0 Å². The van der Waals surface area contributed by atoms with Crippen LogP contribution in [0.3, 0.4) is 0 Å². The van der Waals surface area contributed by atoms with Crippen LogP contribution in [0.1, 0.15) is 32.5 Å². The van der Waals surface area contributed by atoms with Crippen LogP contribution in [0.25, 0.3) is 0 Å². The topological polar surface area (TPSA) is 20.2 Å². The summed E-state index contributed by atoms with van der Waals surface area (Å²) in [6, 6.07) is 10.3. The summed E-state index contributed by atoms with van der Waals surface area (Å²) < 4.78 is 0. The molecule has 0 aliphatic rings. The molecule has 1 unspecified atom stereocenters. The van der Waals surface area contributed by atoms with Crippen LogP contribution in [0.4, 0.5) is 0 Å². The van der Waals surface area contributed by atoms with Crippen LogP contribution in [-0.2, 0) is 0 Å². The second kappa shape index (κ2) is 4.40. The summed E-state index contributed by atoms with van der Waals surface area (Å²) in [5.41, 5.74) is 3.35. The van der Waals surface area contributed by atoms with E-state index in [9.17, 15) is 5.11 Å². The van der Waals surface area contributed by atoms with Crippen LogP contribution < -0.4 is 0 Å². The molecule has 0 amide bonds. The summed E-state index contributed by atoms with van der Waals surface area (Å²) in [4.78, 5) is 2.26. The van der Waals surface area contributed by atoms with Gasteiger partial charge in [-0.3, -0.25) is 0 Å². The molecule has 0 saturated carbocycles. The number of rotatable bonds is 2. The third-order valence-electron chi connectivity index (χ3n) is 2.76. The predicted octanol–water partition coefficient (Wildman–Crippen LogP) is 3.76. The fraction of sp³-hybridized carbons (Fsp3) is 0.286. The summed E-state index contributed by atoms with van der Waals surface area (Å²) >= 11 is 1.66. The Balaban J connectivity index is 2.40. The number of aryl methyl sites for hydroxylation is 3. The number of thiophene rings is 1. The van der Waals surface area contributed by atoms with Crippen LogP contribution in [0.15, 0.2) is 30.3 Å². The molecule has 2 rings (SSSR count). The van der Waals surface area contributed by atoms with Crippen molar-refractivity contribution in [2.45, 2.75) is 26.9 Å².